The van der Waals surface area contributed by atoms with Crippen LogP contribution in [0.4, 0.5) is 5.69 Å². The average Bonchev–Trinajstić information content (AvgIpc) is 2.58. The first kappa shape index (κ1) is 20.0. The molecule has 1 heterocycles. The Bertz CT molecular complexity index is 769. The van der Waals surface area contributed by atoms with Crippen LogP contribution in [-0.4, -0.2) is 17.5 Å². The number of carbonyl (C=O) groups excluding carboxylic acids is 1. The van der Waals surface area contributed by atoms with Gasteiger partial charge in [-0.3, -0.25) is 9.78 Å². The quantitative estimate of drug-likeness (QED) is 0.634. The number of anilines is 1. The maximum absolute atomic E-state index is 12.9. The van der Waals surface area contributed by atoms with Gasteiger partial charge in [0.25, 0.3) is 5.91 Å². The zero-order chi connectivity index (χ0) is 19.1. The van der Waals surface area contributed by atoms with E-state index in [1.165, 1.54) is 12.8 Å². The highest BCUT2D eigenvalue weighted by Crippen LogP contribution is 2.25. The van der Waals surface area contributed by atoms with E-state index in [4.69, 9.17) is 4.74 Å². The van der Waals surface area contributed by atoms with Crippen molar-refractivity contribution >= 4 is 11.6 Å². The second-order valence-electron chi connectivity index (χ2n) is 6.83. The summed E-state index contributed by atoms with van der Waals surface area (Å²) in [6, 6.07) is 7.76. The van der Waals surface area contributed by atoms with Crippen molar-refractivity contribution in [2.45, 2.75) is 60.3 Å². The number of pyridine rings is 1. The summed E-state index contributed by atoms with van der Waals surface area (Å²) >= 11 is 0. The van der Waals surface area contributed by atoms with Gasteiger partial charge in [-0.05, 0) is 51.3 Å². The Kier molecular flexibility index (Phi) is 7.19. The Balaban J connectivity index is 2.20. The molecule has 2 rings (SSSR count). The third-order valence-electron chi connectivity index (χ3n) is 4.63. The van der Waals surface area contributed by atoms with E-state index in [2.05, 4.69) is 17.2 Å². The Morgan fingerprint density at radius 2 is 1.88 bits per heavy atom. The largest absolute Gasteiger partial charge is 0.493 e. The van der Waals surface area contributed by atoms with Crippen LogP contribution in [0.5, 0.6) is 5.75 Å². The number of nitrogens with one attached hydrogen (secondary N) is 1. The highest BCUT2D eigenvalue weighted by Gasteiger charge is 2.19. The van der Waals surface area contributed by atoms with Crippen LogP contribution in [0, 0.1) is 27.7 Å². The first-order valence-corrected chi connectivity index (χ1v) is 9.42. The number of carbonyl (C=O) groups is 1. The molecule has 1 aromatic heterocycles. The highest BCUT2D eigenvalue weighted by molar-refractivity contribution is 6.07. The fraction of sp³-hybridized carbons (Fsp3) is 0.455. The maximum atomic E-state index is 12.9. The minimum Gasteiger partial charge on any atom is -0.493 e. The molecule has 1 aromatic carbocycles. The molecule has 1 amide bonds. The molecule has 0 atom stereocenters. The van der Waals surface area contributed by atoms with Crippen LogP contribution < -0.4 is 10.1 Å². The number of benzene rings is 1. The van der Waals surface area contributed by atoms with E-state index in [0.717, 1.165) is 35.3 Å². The molecule has 1 N–H and O–H groups in total. The second kappa shape index (κ2) is 9.37. The van der Waals surface area contributed by atoms with Crippen LogP contribution in [0.3, 0.4) is 0 Å². The van der Waals surface area contributed by atoms with Crippen LogP contribution >= 0.6 is 0 Å². The van der Waals surface area contributed by atoms with Gasteiger partial charge in [-0.25, -0.2) is 0 Å². The lowest BCUT2D eigenvalue weighted by Crippen LogP contribution is -2.17. The van der Waals surface area contributed by atoms with Gasteiger partial charge in [-0.1, -0.05) is 38.3 Å². The van der Waals surface area contributed by atoms with Crippen molar-refractivity contribution < 1.29 is 9.53 Å². The normalized spacial score (nSPS) is 10.7. The molecule has 0 bridgehead atoms. The van der Waals surface area contributed by atoms with Crippen LogP contribution in [-0.2, 0) is 0 Å². The molecule has 0 aliphatic carbocycles. The molecule has 0 unspecified atom stereocenters. The Hall–Kier alpha value is -2.36. The van der Waals surface area contributed by atoms with Crippen molar-refractivity contribution in [1.29, 1.82) is 0 Å². The molecular formula is C22H30N2O2. The molecule has 0 fully saturated rings. The molecule has 2 aromatic rings. The molecule has 0 aliphatic heterocycles. The predicted molar refractivity (Wildman–Crippen MR) is 107 cm³/mol. The average molecular weight is 354 g/mol. The van der Waals surface area contributed by atoms with E-state index in [-0.39, 0.29) is 5.91 Å². The topological polar surface area (TPSA) is 51.2 Å². The first-order valence-electron chi connectivity index (χ1n) is 9.42. The van der Waals surface area contributed by atoms with E-state index in [9.17, 15) is 4.79 Å². The van der Waals surface area contributed by atoms with Gasteiger partial charge in [0.05, 0.1) is 12.3 Å². The van der Waals surface area contributed by atoms with E-state index in [0.29, 0.717) is 23.6 Å². The van der Waals surface area contributed by atoms with Crippen molar-refractivity contribution in [3.05, 3.63) is 52.3 Å². The SMILES string of the molecule is CCCCCCOc1cc(C)nc(C)c1C(=O)Nc1cccc(C)c1C. The van der Waals surface area contributed by atoms with E-state index in [1.807, 2.05) is 52.0 Å². The van der Waals surface area contributed by atoms with Gasteiger partial charge < -0.3 is 10.1 Å². The van der Waals surface area contributed by atoms with Crippen molar-refractivity contribution in [2.75, 3.05) is 11.9 Å². The lowest BCUT2D eigenvalue weighted by molar-refractivity contribution is 0.102. The molecule has 0 radical (unpaired) electrons. The summed E-state index contributed by atoms with van der Waals surface area (Å²) in [5.41, 5.74) is 5.11. The van der Waals surface area contributed by atoms with Crippen LogP contribution in [0.15, 0.2) is 24.3 Å². The van der Waals surface area contributed by atoms with Crippen molar-refractivity contribution in [3.63, 3.8) is 0 Å². The summed E-state index contributed by atoms with van der Waals surface area (Å²) in [6.07, 6.45) is 4.53. The maximum Gasteiger partial charge on any atom is 0.261 e. The van der Waals surface area contributed by atoms with Gasteiger partial charge in [0, 0.05) is 17.4 Å². The molecule has 26 heavy (non-hydrogen) atoms. The highest BCUT2D eigenvalue weighted by atomic mass is 16.5. The Labute approximate surface area is 157 Å². The second-order valence-corrected chi connectivity index (χ2v) is 6.83. The van der Waals surface area contributed by atoms with Gasteiger partial charge in [0.15, 0.2) is 0 Å². The fourth-order valence-corrected chi connectivity index (χ4v) is 2.97. The van der Waals surface area contributed by atoms with Gasteiger partial charge in [-0.15, -0.1) is 0 Å². The zero-order valence-electron chi connectivity index (χ0n) is 16.6. The summed E-state index contributed by atoms with van der Waals surface area (Å²) in [4.78, 5) is 17.4. The smallest absolute Gasteiger partial charge is 0.261 e. The van der Waals surface area contributed by atoms with Crippen molar-refractivity contribution in [1.82, 2.24) is 4.98 Å². The molecule has 140 valence electrons. The number of amides is 1. The Morgan fingerprint density at radius 1 is 1.12 bits per heavy atom. The number of unbranched alkanes of at least 4 members (excludes halogenated alkanes) is 3. The van der Waals surface area contributed by atoms with Crippen molar-refractivity contribution in [2.24, 2.45) is 0 Å². The molecular weight excluding hydrogens is 324 g/mol. The fourth-order valence-electron chi connectivity index (χ4n) is 2.97. The Morgan fingerprint density at radius 3 is 2.62 bits per heavy atom. The summed E-state index contributed by atoms with van der Waals surface area (Å²) in [5, 5.41) is 3.02. The molecule has 0 spiro atoms. The molecule has 0 saturated heterocycles. The number of hydrogen-bond donors (Lipinski definition) is 1. The van der Waals surface area contributed by atoms with Gasteiger partial charge in [-0.2, -0.15) is 0 Å². The lowest BCUT2D eigenvalue weighted by Gasteiger charge is -2.16. The van der Waals surface area contributed by atoms with Crippen LogP contribution in [0.2, 0.25) is 0 Å². The number of rotatable bonds is 8. The summed E-state index contributed by atoms with van der Waals surface area (Å²) in [7, 11) is 0. The van der Waals surface area contributed by atoms with E-state index in [1.54, 1.807) is 0 Å². The van der Waals surface area contributed by atoms with Crippen LogP contribution in [0.1, 0.15) is 65.5 Å². The number of hydrogen-bond acceptors (Lipinski definition) is 3. The standard InChI is InChI=1S/C22H30N2O2/c1-6-7-8-9-13-26-20-14-16(3)23-18(5)21(20)22(25)24-19-12-10-11-15(2)17(19)4/h10-12,14H,6-9,13H2,1-5H3,(H,24,25). The summed E-state index contributed by atoms with van der Waals surface area (Å²) in [6.45, 7) is 10.6. The van der Waals surface area contributed by atoms with Gasteiger partial charge >= 0.3 is 0 Å². The zero-order valence-corrected chi connectivity index (χ0v) is 16.6. The molecule has 0 aliphatic rings. The lowest BCUT2D eigenvalue weighted by atomic mass is 10.1. The van der Waals surface area contributed by atoms with Crippen molar-refractivity contribution in [3.8, 4) is 5.75 Å². The molecule has 0 saturated carbocycles. The monoisotopic (exact) mass is 354 g/mol. The number of aryl methyl sites for hydroxylation is 3. The minimum absolute atomic E-state index is 0.174. The first-order chi connectivity index (χ1) is 12.4. The minimum atomic E-state index is -0.174. The third kappa shape index (κ3) is 5.07. The van der Waals surface area contributed by atoms with E-state index < -0.39 is 0 Å². The number of nitrogens with zero attached hydrogens (tertiary/aromatic N) is 1. The number of aromatic nitrogens is 1. The predicted octanol–water partition coefficient (Wildman–Crippen LogP) is 5.53. The summed E-state index contributed by atoms with van der Waals surface area (Å²) < 4.78 is 5.96. The van der Waals surface area contributed by atoms with Crippen LogP contribution in [0.25, 0.3) is 0 Å². The molecule has 4 nitrogen and oxygen atoms in total. The number of ether oxygens (including phenoxy) is 1. The molecule has 4 heteroatoms. The van der Waals surface area contributed by atoms with Gasteiger partial charge in [0.1, 0.15) is 11.3 Å². The van der Waals surface area contributed by atoms with E-state index >= 15 is 0 Å². The summed E-state index contributed by atoms with van der Waals surface area (Å²) in [5.74, 6) is 0.446. The third-order valence-corrected chi connectivity index (χ3v) is 4.63. The van der Waals surface area contributed by atoms with Gasteiger partial charge in [0.2, 0.25) is 0 Å².